The fourth-order valence-corrected chi connectivity index (χ4v) is 9.47. The third-order valence-corrected chi connectivity index (χ3v) is 13.9. The van der Waals surface area contributed by atoms with Gasteiger partial charge >= 0.3 is 35.7 Å². The second-order valence-corrected chi connectivity index (χ2v) is 19.9. The summed E-state index contributed by atoms with van der Waals surface area (Å²) in [5.74, 6) is 0.0699. The Balaban J connectivity index is 0.00000454. The van der Waals surface area contributed by atoms with Gasteiger partial charge < -0.3 is 56.2 Å². The van der Waals surface area contributed by atoms with Crippen molar-refractivity contribution in [2.24, 2.45) is 0 Å². The number of aromatic nitrogens is 3. The van der Waals surface area contributed by atoms with Crippen LogP contribution in [-0.2, 0) is 31.0 Å². The van der Waals surface area contributed by atoms with E-state index in [-0.39, 0.29) is 59.9 Å². The Hall–Kier alpha value is -6.94. The fraction of sp³-hybridized carbons (Fsp3) is 0.391. The van der Waals surface area contributed by atoms with E-state index >= 15 is 0 Å². The van der Waals surface area contributed by atoms with Crippen LogP contribution in [0.1, 0.15) is 125 Å². The van der Waals surface area contributed by atoms with E-state index in [1.807, 2.05) is 44.2 Å². The van der Waals surface area contributed by atoms with Crippen LogP contribution in [0.2, 0.25) is 0 Å². The summed E-state index contributed by atoms with van der Waals surface area (Å²) in [6, 6.07) is 21.3. The standard InChI is InChI=1S/C62H80FN10O4.C2H6.Na/c1-42-34-58-60-55(40-73(58)61(74)56(42)41-77-62(75)76)54(53-30-29-52(63)35-57(53)71-60)39-69-50(9)65-32-22-21-31-64-44(3)37-68-49(8)59(51-25-19-17-20-26-51)70-46(5)38-67-45(4)36-66-43(2)24-18-15-13-11-10-12-14-16-23-33-72-47(6)27-28-48(72)7;1-2;/h17,19-20,25-28,30,34-35,59,64-70H,2-16,18,21-24,31-33,36-41H2,1H3,(H,75,76);1-2H3;/q-1;;+1. The normalized spacial score (nSPS) is 11.3. The summed E-state index contributed by atoms with van der Waals surface area (Å²) in [7, 11) is 0. The van der Waals surface area contributed by atoms with Gasteiger partial charge in [-0.2, -0.15) is 6.07 Å². The van der Waals surface area contributed by atoms with Crippen molar-refractivity contribution in [2.75, 3.05) is 32.7 Å². The van der Waals surface area contributed by atoms with Gasteiger partial charge in [0.25, 0.3) is 5.56 Å². The monoisotopic (exact) mass is 1100 g/mol. The summed E-state index contributed by atoms with van der Waals surface area (Å²) in [6.07, 6.45) is 12.5. The van der Waals surface area contributed by atoms with Crippen molar-refractivity contribution in [3.8, 4) is 11.4 Å². The maximum Gasteiger partial charge on any atom is 1.00 e. The van der Waals surface area contributed by atoms with Gasteiger partial charge in [0.15, 0.2) is 0 Å². The Morgan fingerprint density at radius 2 is 1.35 bits per heavy atom. The number of halogens is 1. The maximum absolute atomic E-state index is 14.4. The minimum absolute atomic E-state index is 0. The van der Waals surface area contributed by atoms with Gasteiger partial charge in [-0.15, -0.1) is 17.5 Å². The molecule has 5 aromatic rings. The van der Waals surface area contributed by atoms with E-state index in [1.165, 1.54) is 57.4 Å². The van der Waals surface area contributed by atoms with E-state index in [2.05, 4.69) is 113 Å². The van der Waals surface area contributed by atoms with Crippen molar-refractivity contribution >= 4 is 30.2 Å². The zero-order valence-electron chi connectivity index (χ0n) is 48.2. The van der Waals surface area contributed by atoms with Crippen molar-refractivity contribution in [2.45, 2.75) is 130 Å². The Kier molecular flexibility index (Phi) is 28.1. The molecule has 1 aliphatic rings. The van der Waals surface area contributed by atoms with Crippen LogP contribution in [0.5, 0.6) is 0 Å². The second kappa shape index (κ2) is 34.3. The summed E-state index contributed by atoms with van der Waals surface area (Å²) in [5, 5.41) is 35.8. The van der Waals surface area contributed by atoms with Crippen LogP contribution >= 0.6 is 0 Å². The van der Waals surface area contributed by atoms with Gasteiger partial charge in [0.2, 0.25) is 0 Å². The van der Waals surface area contributed by atoms with Crippen LogP contribution in [0.25, 0.3) is 35.4 Å². The number of ether oxygens (including phenoxy) is 1. The number of hydrogen-bond donors (Lipinski definition) is 8. The molecular formula is C64H86FN10NaO4. The summed E-state index contributed by atoms with van der Waals surface area (Å²) in [6.45, 7) is 43.6. The van der Waals surface area contributed by atoms with Gasteiger partial charge in [0.1, 0.15) is 6.61 Å². The third kappa shape index (κ3) is 20.3. The van der Waals surface area contributed by atoms with Crippen molar-refractivity contribution < 1.29 is 48.6 Å². The van der Waals surface area contributed by atoms with Gasteiger partial charge in [-0.05, 0) is 79.4 Å². The van der Waals surface area contributed by atoms with Gasteiger partial charge in [0, 0.05) is 71.2 Å². The van der Waals surface area contributed by atoms with Gasteiger partial charge in [0.05, 0.1) is 55.0 Å². The molecule has 0 aliphatic carbocycles. The van der Waals surface area contributed by atoms with Crippen molar-refractivity contribution in [3.63, 3.8) is 0 Å². The smallest absolute Gasteiger partial charge is 0.450 e. The second-order valence-electron chi connectivity index (χ2n) is 19.9. The molecule has 1 aliphatic heterocycles. The van der Waals surface area contributed by atoms with E-state index in [0.29, 0.717) is 66.4 Å². The van der Waals surface area contributed by atoms with Crippen molar-refractivity contribution in [1.82, 2.24) is 51.3 Å². The first-order valence-electron chi connectivity index (χ1n) is 27.9. The molecule has 0 radical (unpaired) electrons. The van der Waals surface area contributed by atoms with E-state index in [9.17, 15) is 14.0 Å². The number of nitrogens with zero attached hydrogens (tertiary/aromatic N) is 3. The van der Waals surface area contributed by atoms with Crippen LogP contribution in [0, 0.1) is 18.8 Å². The molecule has 0 saturated carbocycles. The first kappa shape index (κ1) is 65.6. The van der Waals surface area contributed by atoms with E-state index in [1.54, 1.807) is 23.6 Å². The number of allylic oxidation sites excluding steroid dienone is 1. The Morgan fingerprint density at radius 1 is 0.750 bits per heavy atom. The molecule has 14 nitrogen and oxygen atoms in total. The molecule has 1 unspecified atom stereocenters. The largest absolute Gasteiger partial charge is 1.00 e. The average Bonchev–Trinajstić information content (AvgIpc) is 3.98. The fourth-order valence-electron chi connectivity index (χ4n) is 9.47. The quantitative estimate of drug-likeness (QED) is 0.00849. The molecule has 4 heterocycles. The molecule has 424 valence electrons. The summed E-state index contributed by atoms with van der Waals surface area (Å²) in [5.41, 5.74) is 9.06. The van der Waals surface area contributed by atoms with Crippen LogP contribution in [0.15, 0.2) is 139 Å². The van der Waals surface area contributed by atoms with Crippen LogP contribution in [-0.4, -0.2) is 58.1 Å². The maximum atomic E-state index is 14.4. The molecule has 80 heavy (non-hydrogen) atoms. The molecule has 1 atom stereocenters. The predicted octanol–water partition coefficient (Wildman–Crippen LogP) is 7.31. The van der Waals surface area contributed by atoms with Crippen LogP contribution in [0.4, 0.5) is 9.18 Å². The minimum Gasteiger partial charge on any atom is -0.450 e. The number of rotatable bonds is 37. The number of pyridine rings is 2. The van der Waals surface area contributed by atoms with Crippen LogP contribution < -0.4 is 83.0 Å². The molecule has 0 spiro atoms. The third-order valence-electron chi connectivity index (χ3n) is 13.9. The molecule has 2 aromatic carbocycles. The van der Waals surface area contributed by atoms with Gasteiger partial charge in [-0.25, -0.2) is 9.18 Å². The molecule has 6 rings (SSSR count). The molecule has 0 bridgehead atoms. The van der Waals surface area contributed by atoms with Crippen molar-refractivity contribution in [3.05, 3.63) is 195 Å². The molecule has 8 N–H and O–H groups in total. The first-order chi connectivity index (χ1) is 38.1. The topological polar surface area (TPSA) is 171 Å². The van der Waals surface area contributed by atoms with Crippen molar-refractivity contribution in [1.29, 1.82) is 0 Å². The Bertz CT molecular complexity index is 3050. The van der Waals surface area contributed by atoms with E-state index in [4.69, 9.17) is 14.8 Å². The molecule has 0 fully saturated rings. The van der Waals surface area contributed by atoms with Gasteiger partial charge in [-0.3, -0.25) is 9.78 Å². The summed E-state index contributed by atoms with van der Waals surface area (Å²) < 4.78 is 22.9. The predicted molar refractivity (Wildman–Crippen MR) is 322 cm³/mol. The number of benzene rings is 2. The van der Waals surface area contributed by atoms with Crippen LogP contribution in [0.3, 0.4) is 0 Å². The Labute approximate surface area is 496 Å². The number of unbranched alkanes of at least 4 members (excludes halogenated alkanes) is 9. The number of nitrogens with one attached hydrogen (secondary N) is 7. The number of carbonyl (C=O) groups is 1. The molecule has 0 amide bonds. The summed E-state index contributed by atoms with van der Waals surface area (Å²) in [4.78, 5) is 29.4. The van der Waals surface area contributed by atoms with E-state index < -0.39 is 12.0 Å². The molecule has 0 saturated heterocycles. The summed E-state index contributed by atoms with van der Waals surface area (Å²) >= 11 is 0. The van der Waals surface area contributed by atoms with E-state index in [0.717, 1.165) is 94.6 Å². The number of aryl methyl sites for hydroxylation is 1. The number of hydrogen-bond acceptors (Lipinski definition) is 11. The molecular weight excluding hydrogens is 1010 g/mol. The number of fused-ring (bicyclic) bond motifs is 4. The Morgan fingerprint density at radius 3 is 2.02 bits per heavy atom. The SMILES string of the molecule is C=C(CCCCCCCCCCCn1c(=C)ccc1=C)NCC(=C)NCC(=C)NC(C(=C)NCC(=C)NCCCCNC(=C)NCc1c2c(nc3cc(F)[c-]cc13)-c1cc(C)c(COC(=O)O)c(=O)n1C2)c1ccccc1.CC.[Na+]. The zero-order chi connectivity index (χ0) is 57.3. The number of carboxylic acid groups (broad SMARTS) is 1. The minimum atomic E-state index is -1.46. The molecule has 3 aromatic heterocycles. The first-order valence-corrected chi connectivity index (χ1v) is 27.9. The average molecular weight is 1100 g/mol. The molecule has 16 heteroatoms. The van der Waals surface area contributed by atoms with Gasteiger partial charge in [-0.1, -0.05) is 147 Å². The zero-order valence-corrected chi connectivity index (χ0v) is 50.2.